The van der Waals surface area contributed by atoms with Crippen molar-refractivity contribution in [3.8, 4) is 0 Å². The monoisotopic (exact) mass is 196 g/mol. The van der Waals surface area contributed by atoms with E-state index in [1.165, 1.54) is 0 Å². The average molecular weight is 196 g/mol. The highest BCUT2D eigenvalue weighted by molar-refractivity contribution is 4.87. The van der Waals surface area contributed by atoms with Crippen LogP contribution in [0.4, 0.5) is 0 Å². The van der Waals surface area contributed by atoms with Crippen LogP contribution < -0.4 is 5.32 Å². The highest BCUT2D eigenvalue weighted by Crippen LogP contribution is 2.05. The van der Waals surface area contributed by atoms with Gasteiger partial charge in [0.05, 0.1) is 0 Å². The molecule has 1 N–H and O–H groups in total. The highest BCUT2D eigenvalue weighted by atomic mass is 15.2. The average Bonchev–Trinajstić information content (AvgIpc) is 2.03. The fourth-order valence-corrected chi connectivity index (χ4v) is 1.66. The maximum Gasteiger partial charge on any atom is 0.0252 e. The molecule has 0 aromatic rings. The molecule has 2 heteroatoms. The Hall–Kier alpha value is -0.600. The fraction of sp³-hybridized carbons (Fsp3) is 0.667. The van der Waals surface area contributed by atoms with Crippen molar-refractivity contribution in [3.63, 3.8) is 0 Å². The second-order valence-corrected chi connectivity index (χ2v) is 4.19. The topological polar surface area (TPSA) is 15.3 Å². The van der Waals surface area contributed by atoms with Crippen LogP contribution >= 0.6 is 0 Å². The molecule has 82 valence electrons. The molecule has 0 radical (unpaired) electrons. The molecular formula is C12H24N2. The van der Waals surface area contributed by atoms with Gasteiger partial charge >= 0.3 is 0 Å². The maximum atomic E-state index is 3.76. The lowest BCUT2D eigenvalue weighted by Crippen LogP contribution is -2.49. The Labute approximate surface area is 88.7 Å². The van der Waals surface area contributed by atoms with Gasteiger partial charge in [-0.15, -0.1) is 13.2 Å². The van der Waals surface area contributed by atoms with E-state index in [9.17, 15) is 0 Å². The highest BCUT2D eigenvalue weighted by Gasteiger charge is 2.18. The van der Waals surface area contributed by atoms with Gasteiger partial charge < -0.3 is 5.32 Å². The maximum absolute atomic E-state index is 3.76. The van der Waals surface area contributed by atoms with Crippen LogP contribution in [0.3, 0.4) is 0 Å². The number of nitrogens with zero attached hydrogens (tertiary/aromatic N) is 1. The van der Waals surface area contributed by atoms with Crippen molar-refractivity contribution in [3.05, 3.63) is 25.3 Å². The van der Waals surface area contributed by atoms with Crippen molar-refractivity contribution in [2.75, 3.05) is 26.2 Å². The van der Waals surface area contributed by atoms with E-state index < -0.39 is 0 Å². The Morgan fingerprint density at radius 2 is 1.71 bits per heavy atom. The largest absolute Gasteiger partial charge is 0.311 e. The lowest BCUT2D eigenvalue weighted by molar-refractivity contribution is 0.236. The van der Waals surface area contributed by atoms with Crippen LogP contribution in [0.15, 0.2) is 25.3 Å². The molecule has 0 heterocycles. The first-order valence-corrected chi connectivity index (χ1v) is 5.25. The van der Waals surface area contributed by atoms with E-state index in [0.717, 1.165) is 26.2 Å². The summed E-state index contributed by atoms with van der Waals surface area (Å²) in [6.45, 7) is 17.9. The summed E-state index contributed by atoms with van der Waals surface area (Å²) >= 11 is 0. The van der Waals surface area contributed by atoms with E-state index in [1.807, 2.05) is 12.2 Å². The molecule has 0 aliphatic heterocycles. The van der Waals surface area contributed by atoms with Gasteiger partial charge in [0.1, 0.15) is 0 Å². The Morgan fingerprint density at radius 3 is 2.07 bits per heavy atom. The summed E-state index contributed by atoms with van der Waals surface area (Å²) in [7, 11) is 0. The quantitative estimate of drug-likeness (QED) is 0.598. The van der Waals surface area contributed by atoms with Crippen molar-refractivity contribution < 1.29 is 0 Å². The summed E-state index contributed by atoms with van der Waals surface area (Å²) in [5.74, 6) is 0. The molecule has 0 unspecified atom stereocenters. The second kappa shape index (κ2) is 6.80. The predicted octanol–water partition coefficient (Wildman–Crippen LogP) is 2.05. The van der Waals surface area contributed by atoms with E-state index >= 15 is 0 Å². The van der Waals surface area contributed by atoms with E-state index in [-0.39, 0.29) is 5.54 Å². The lowest BCUT2D eigenvalue weighted by Gasteiger charge is -2.32. The zero-order valence-corrected chi connectivity index (χ0v) is 9.84. The summed E-state index contributed by atoms with van der Waals surface area (Å²) in [6, 6.07) is 0. The van der Waals surface area contributed by atoms with E-state index in [0.29, 0.717) is 0 Å². The standard InChI is InChI=1S/C12H24N2/c1-6-9-14(10-7-2)11-12(4,5)13-8-3/h6-7,13H,1-2,8-11H2,3-5H3. The summed E-state index contributed by atoms with van der Waals surface area (Å²) in [6.07, 6.45) is 3.87. The zero-order chi connectivity index (χ0) is 11.0. The molecule has 0 aliphatic rings. The third-order valence-electron chi connectivity index (χ3n) is 2.05. The summed E-state index contributed by atoms with van der Waals surface area (Å²) in [5, 5.41) is 3.46. The minimum Gasteiger partial charge on any atom is -0.311 e. The van der Waals surface area contributed by atoms with E-state index in [2.05, 4.69) is 44.1 Å². The van der Waals surface area contributed by atoms with Crippen LogP contribution in [0.25, 0.3) is 0 Å². The molecule has 0 atom stereocenters. The number of hydrogen-bond acceptors (Lipinski definition) is 2. The third kappa shape index (κ3) is 5.95. The SMILES string of the molecule is C=CCN(CC=C)CC(C)(C)NCC. The fourth-order valence-electron chi connectivity index (χ4n) is 1.66. The summed E-state index contributed by atoms with van der Waals surface area (Å²) in [5.41, 5.74) is 0.154. The van der Waals surface area contributed by atoms with E-state index in [1.54, 1.807) is 0 Å². The Balaban J connectivity index is 4.10. The molecule has 0 saturated carbocycles. The van der Waals surface area contributed by atoms with Crippen LogP contribution in [0, 0.1) is 0 Å². The van der Waals surface area contributed by atoms with Crippen LogP contribution in [-0.4, -0.2) is 36.6 Å². The van der Waals surface area contributed by atoms with Crippen molar-refractivity contribution in [2.24, 2.45) is 0 Å². The Bertz CT molecular complexity index is 163. The van der Waals surface area contributed by atoms with Gasteiger partial charge in [-0.05, 0) is 20.4 Å². The van der Waals surface area contributed by atoms with Crippen molar-refractivity contribution >= 4 is 0 Å². The molecular weight excluding hydrogens is 172 g/mol. The molecule has 0 saturated heterocycles. The zero-order valence-electron chi connectivity index (χ0n) is 9.84. The molecule has 0 spiro atoms. The minimum absolute atomic E-state index is 0.154. The summed E-state index contributed by atoms with van der Waals surface area (Å²) < 4.78 is 0. The second-order valence-electron chi connectivity index (χ2n) is 4.19. The van der Waals surface area contributed by atoms with Crippen LogP contribution in [0.2, 0.25) is 0 Å². The van der Waals surface area contributed by atoms with Gasteiger partial charge in [-0.25, -0.2) is 0 Å². The molecule has 0 aromatic heterocycles. The van der Waals surface area contributed by atoms with Crippen LogP contribution in [0.1, 0.15) is 20.8 Å². The molecule has 0 fully saturated rings. The summed E-state index contributed by atoms with van der Waals surface area (Å²) in [4.78, 5) is 2.32. The first-order valence-electron chi connectivity index (χ1n) is 5.25. The van der Waals surface area contributed by atoms with Crippen molar-refractivity contribution in [1.29, 1.82) is 0 Å². The van der Waals surface area contributed by atoms with Gasteiger partial charge in [-0.2, -0.15) is 0 Å². The number of nitrogens with one attached hydrogen (secondary N) is 1. The van der Waals surface area contributed by atoms with Gasteiger partial charge in [0, 0.05) is 25.2 Å². The van der Waals surface area contributed by atoms with Gasteiger partial charge in [0.15, 0.2) is 0 Å². The van der Waals surface area contributed by atoms with Gasteiger partial charge in [0.2, 0.25) is 0 Å². The van der Waals surface area contributed by atoms with Crippen molar-refractivity contribution in [1.82, 2.24) is 10.2 Å². The Morgan fingerprint density at radius 1 is 1.21 bits per heavy atom. The molecule has 14 heavy (non-hydrogen) atoms. The third-order valence-corrected chi connectivity index (χ3v) is 2.05. The van der Waals surface area contributed by atoms with Crippen LogP contribution in [-0.2, 0) is 0 Å². The molecule has 0 rings (SSSR count). The first-order chi connectivity index (χ1) is 6.55. The van der Waals surface area contributed by atoms with Crippen molar-refractivity contribution in [2.45, 2.75) is 26.3 Å². The minimum atomic E-state index is 0.154. The number of likely N-dealkylation sites (N-methyl/N-ethyl adjacent to an activating group) is 1. The van der Waals surface area contributed by atoms with E-state index in [4.69, 9.17) is 0 Å². The smallest absolute Gasteiger partial charge is 0.0252 e. The lowest BCUT2D eigenvalue weighted by atomic mass is 10.0. The first kappa shape index (κ1) is 13.4. The van der Waals surface area contributed by atoms with Gasteiger partial charge in [-0.1, -0.05) is 19.1 Å². The predicted molar refractivity (Wildman–Crippen MR) is 64.6 cm³/mol. The number of hydrogen-bond donors (Lipinski definition) is 1. The van der Waals surface area contributed by atoms with Crippen LogP contribution in [0.5, 0.6) is 0 Å². The van der Waals surface area contributed by atoms with Gasteiger partial charge in [0.25, 0.3) is 0 Å². The molecule has 0 aromatic carbocycles. The molecule has 0 bridgehead atoms. The van der Waals surface area contributed by atoms with Gasteiger partial charge in [-0.3, -0.25) is 4.90 Å². The molecule has 0 aliphatic carbocycles. The number of rotatable bonds is 8. The normalized spacial score (nSPS) is 11.7. The Kier molecular flexibility index (Phi) is 6.50. The molecule has 0 amide bonds. The molecule has 2 nitrogen and oxygen atoms in total.